The van der Waals surface area contributed by atoms with Gasteiger partial charge in [0, 0.05) is 23.8 Å². The highest BCUT2D eigenvalue weighted by Gasteiger charge is 2.23. The largest absolute Gasteiger partial charge is 0.364 e. The third-order valence-electron chi connectivity index (χ3n) is 4.45. The molecule has 2 heterocycles. The molecule has 0 aliphatic carbocycles. The van der Waals surface area contributed by atoms with E-state index in [0.717, 1.165) is 22.9 Å². The first-order valence-corrected chi connectivity index (χ1v) is 9.10. The maximum Gasteiger partial charge on any atom is 0.353 e. The van der Waals surface area contributed by atoms with Gasteiger partial charge in [-0.05, 0) is 36.2 Å². The molecule has 0 fully saturated rings. The SMILES string of the molecule is O=[N+]([O-])c1c(NCCc2ccccc2)ncnc1Nc1cccc2ncccc12. The molecule has 0 saturated heterocycles. The summed E-state index contributed by atoms with van der Waals surface area (Å²) < 4.78 is 0. The summed E-state index contributed by atoms with van der Waals surface area (Å²) in [6.07, 6.45) is 3.73. The second-order valence-corrected chi connectivity index (χ2v) is 6.34. The number of nitro groups is 1. The van der Waals surface area contributed by atoms with Gasteiger partial charge < -0.3 is 10.6 Å². The lowest BCUT2D eigenvalue weighted by Crippen LogP contribution is -2.10. The number of fused-ring (bicyclic) bond motifs is 1. The van der Waals surface area contributed by atoms with E-state index in [2.05, 4.69) is 25.6 Å². The van der Waals surface area contributed by atoms with Crippen molar-refractivity contribution >= 4 is 33.9 Å². The molecular weight excluding hydrogens is 368 g/mol. The van der Waals surface area contributed by atoms with E-state index < -0.39 is 4.92 Å². The number of benzene rings is 2. The number of aromatic nitrogens is 3. The molecule has 2 N–H and O–H groups in total. The Bertz CT molecular complexity index is 1140. The van der Waals surface area contributed by atoms with Gasteiger partial charge in [-0.2, -0.15) is 0 Å². The Labute approximate surface area is 166 Å². The maximum absolute atomic E-state index is 11.8. The topological polar surface area (TPSA) is 106 Å². The van der Waals surface area contributed by atoms with Crippen molar-refractivity contribution in [3.8, 4) is 0 Å². The molecule has 0 aliphatic heterocycles. The van der Waals surface area contributed by atoms with E-state index >= 15 is 0 Å². The summed E-state index contributed by atoms with van der Waals surface area (Å²) in [7, 11) is 0. The van der Waals surface area contributed by atoms with Crippen molar-refractivity contribution in [3.63, 3.8) is 0 Å². The molecule has 8 nitrogen and oxygen atoms in total. The maximum atomic E-state index is 11.8. The summed E-state index contributed by atoms with van der Waals surface area (Å²) in [5.41, 5.74) is 2.42. The van der Waals surface area contributed by atoms with E-state index in [1.54, 1.807) is 6.20 Å². The minimum atomic E-state index is -0.476. The Morgan fingerprint density at radius 1 is 0.897 bits per heavy atom. The summed E-state index contributed by atoms with van der Waals surface area (Å²) in [5, 5.41) is 18.7. The summed E-state index contributed by atoms with van der Waals surface area (Å²) in [5.74, 6) is 0.311. The van der Waals surface area contributed by atoms with Crippen molar-refractivity contribution in [1.82, 2.24) is 15.0 Å². The predicted molar refractivity (Wildman–Crippen MR) is 112 cm³/mol. The molecule has 0 radical (unpaired) electrons. The summed E-state index contributed by atoms with van der Waals surface area (Å²) in [6, 6.07) is 19.2. The zero-order chi connectivity index (χ0) is 20.1. The van der Waals surface area contributed by atoms with Crippen molar-refractivity contribution < 1.29 is 4.92 Å². The Morgan fingerprint density at radius 3 is 2.55 bits per heavy atom. The van der Waals surface area contributed by atoms with E-state index in [1.165, 1.54) is 6.33 Å². The molecule has 0 bridgehead atoms. The zero-order valence-corrected chi connectivity index (χ0v) is 15.4. The van der Waals surface area contributed by atoms with Crippen molar-refractivity contribution in [3.05, 3.63) is 88.9 Å². The van der Waals surface area contributed by atoms with Gasteiger partial charge in [0.05, 0.1) is 10.4 Å². The van der Waals surface area contributed by atoms with E-state index in [0.29, 0.717) is 12.2 Å². The predicted octanol–water partition coefficient (Wildman–Crippen LogP) is 4.33. The second-order valence-electron chi connectivity index (χ2n) is 6.34. The summed E-state index contributed by atoms with van der Waals surface area (Å²) in [6.45, 7) is 0.513. The van der Waals surface area contributed by atoms with Crippen LogP contribution in [0.25, 0.3) is 10.9 Å². The Kier molecular flexibility index (Phi) is 5.24. The molecule has 2 aromatic heterocycles. The summed E-state index contributed by atoms with van der Waals surface area (Å²) >= 11 is 0. The fourth-order valence-electron chi connectivity index (χ4n) is 3.08. The fraction of sp³-hybridized carbons (Fsp3) is 0.0952. The van der Waals surface area contributed by atoms with Gasteiger partial charge in [-0.15, -0.1) is 0 Å². The van der Waals surface area contributed by atoms with Gasteiger partial charge in [0.15, 0.2) is 0 Å². The normalized spacial score (nSPS) is 10.6. The van der Waals surface area contributed by atoms with Crippen LogP contribution in [0.3, 0.4) is 0 Å². The van der Waals surface area contributed by atoms with E-state index in [9.17, 15) is 10.1 Å². The molecule has 0 saturated carbocycles. The average molecular weight is 386 g/mol. The molecule has 4 aromatic rings. The van der Waals surface area contributed by atoms with Crippen LogP contribution in [0.5, 0.6) is 0 Å². The zero-order valence-electron chi connectivity index (χ0n) is 15.4. The highest BCUT2D eigenvalue weighted by Crippen LogP contribution is 2.33. The van der Waals surface area contributed by atoms with Crippen molar-refractivity contribution in [1.29, 1.82) is 0 Å². The standard InChI is InChI=1S/C21H18N6O2/c28-27(29)19-20(23-13-11-15-6-2-1-3-7-15)24-14-25-21(19)26-18-10-4-9-17-16(18)8-5-12-22-17/h1-10,12,14H,11,13H2,(H2,23,24,25,26). The van der Waals surface area contributed by atoms with Crippen LogP contribution in [-0.4, -0.2) is 26.4 Å². The minimum Gasteiger partial charge on any atom is -0.364 e. The van der Waals surface area contributed by atoms with Gasteiger partial charge in [-0.3, -0.25) is 15.1 Å². The monoisotopic (exact) mass is 386 g/mol. The molecular formula is C21H18N6O2. The average Bonchev–Trinajstić information content (AvgIpc) is 2.75. The van der Waals surface area contributed by atoms with Gasteiger partial charge in [0.25, 0.3) is 0 Å². The summed E-state index contributed by atoms with van der Waals surface area (Å²) in [4.78, 5) is 23.8. The first kappa shape index (κ1) is 18.3. The molecule has 29 heavy (non-hydrogen) atoms. The first-order valence-electron chi connectivity index (χ1n) is 9.10. The smallest absolute Gasteiger partial charge is 0.353 e. The lowest BCUT2D eigenvalue weighted by atomic mass is 10.1. The highest BCUT2D eigenvalue weighted by molar-refractivity contribution is 5.93. The van der Waals surface area contributed by atoms with Crippen LogP contribution in [0, 0.1) is 10.1 Å². The third-order valence-corrected chi connectivity index (χ3v) is 4.45. The molecule has 2 aromatic carbocycles. The van der Waals surface area contributed by atoms with Gasteiger partial charge in [-0.1, -0.05) is 36.4 Å². The molecule has 0 unspecified atom stereocenters. The quantitative estimate of drug-likeness (QED) is 0.360. The lowest BCUT2D eigenvalue weighted by molar-refractivity contribution is -0.383. The molecule has 4 rings (SSSR count). The molecule has 0 aliphatic rings. The molecule has 0 spiro atoms. The number of hydrogen-bond donors (Lipinski definition) is 2. The van der Waals surface area contributed by atoms with Crippen LogP contribution in [0.4, 0.5) is 23.0 Å². The third kappa shape index (κ3) is 4.11. The van der Waals surface area contributed by atoms with Crippen LogP contribution in [0.15, 0.2) is 73.2 Å². The van der Waals surface area contributed by atoms with Gasteiger partial charge >= 0.3 is 5.69 Å². The van der Waals surface area contributed by atoms with E-state index in [4.69, 9.17) is 0 Å². The number of hydrogen-bond acceptors (Lipinski definition) is 7. The highest BCUT2D eigenvalue weighted by atomic mass is 16.6. The number of nitrogens with one attached hydrogen (secondary N) is 2. The van der Waals surface area contributed by atoms with Crippen LogP contribution in [0.2, 0.25) is 0 Å². The Balaban J connectivity index is 1.60. The Morgan fingerprint density at radius 2 is 1.72 bits per heavy atom. The van der Waals surface area contributed by atoms with Crippen LogP contribution >= 0.6 is 0 Å². The number of pyridine rings is 1. The van der Waals surface area contributed by atoms with Crippen molar-refractivity contribution in [2.45, 2.75) is 6.42 Å². The van der Waals surface area contributed by atoms with Gasteiger partial charge in [0.2, 0.25) is 11.6 Å². The lowest BCUT2D eigenvalue weighted by Gasteiger charge is -2.11. The molecule has 0 atom stereocenters. The van der Waals surface area contributed by atoms with Gasteiger partial charge in [-0.25, -0.2) is 9.97 Å². The van der Waals surface area contributed by atoms with E-state index in [-0.39, 0.29) is 17.3 Å². The van der Waals surface area contributed by atoms with Crippen molar-refractivity contribution in [2.24, 2.45) is 0 Å². The second kappa shape index (κ2) is 8.30. The van der Waals surface area contributed by atoms with Gasteiger partial charge in [0.1, 0.15) is 6.33 Å². The Hall–Kier alpha value is -4.07. The fourth-order valence-corrected chi connectivity index (χ4v) is 3.08. The molecule has 144 valence electrons. The first-order chi connectivity index (χ1) is 14.2. The van der Waals surface area contributed by atoms with Crippen LogP contribution in [0.1, 0.15) is 5.56 Å². The van der Waals surface area contributed by atoms with Crippen LogP contribution < -0.4 is 10.6 Å². The molecule has 0 amide bonds. The number of nitrogens with zero attached hydrogens (tertiary/aromatic N) is 4. The van der Waals surface area contributed by atoms with Crippen molar-refractivity contribution in [2.75, 3.05) is 17.2 Å². The number of anilines is 3. The number of rotatable bonds is 7. The minimum absolute atomic E-state index is 0.128. The molecule has 8 heteroatoms. The van der Waals surface area contributed by atoms with Crippen LogP contribution in [-0.2, 0) is 6.42 Å². The van der Waals surface area contributed by atoms with E-state index in [1.807, 2.05) is 60.7 Å².